The Morgan fingerprint density at radius 2 is 1.33 bits per heavy atom. The second-order valence-electron chi connectivity index (χ2n) is 6.55. The van der Waals surface area contributed by atoms with Crippen LogP contribution in [0.3, 0.4) is 0 Å². The molecule has 0 unspecified atom stereocenters. The van der Waals surface area contributed by atoms with E-state index >= 15 is 0 Å². The monoisotopic (exact) mass is 356 g/mol. The molecule has 136 valence electrons. The van der Waals surface area contributed by atoms with Gasteiger partial charge in [0.25, 0.3) is 0 Å². The molecule has 4 heteroatoms. The Kier molecular flexibility index (Phi) is 5.87. The minimum Gasteiger partial charge on any atom is -0.261 e. The van der Waals surface area contributed by atoms with Crippen molar-refractivity contribution in [2.45, 2.75) is 34.1 Å². The lowest BCUT2D eigenvalue weighted by atomic mass is 9.96. The predicted molar refractivity (Wildman–Crippen MR) is 113 cm³/mol. The number of hydrogen-bond acceptors (Lipinski definition) is 4. The Bertz CT molecular complexity index is 945. The zero-order chi connectivity index (χ0) is 19.2. The number of pyridine rings is 2. The summed E-state index contributed by atoms with van der Waals surface area (Å²) in [7, 11) is 0. The molecule has 3 aromatic rings. The third-order valence-corrected chi connectivity index (χ3v) is 4.81. The van der Waals surface area contributed by atoms with Gasteiger partial charge in [-0.15, -0.1) is 0 Å². The van der Waals surface area contributed by atoms with Crippen molar-refractivity contribution in [2.24, 2.45) is 9.98 Å². The van der Waals surface area contributed by atoms with E-state index in [0.717, 1.165) is 51.4 Å². The van der Waals surface area contributed by atoms with Gasteiger partial charge in [0.2, 0.25) is 0 Å². The Balaban J connectivity index is 1.90. The lowest BCUT2D eigenvalue weighted by Gasteiger charge is -2.15. The Morgan fingerprint density at radius 1 is 0.741 bits per heavy atom. The zero-order valence-electron chi connectivity index (χ0n) is 16.3. The molecule has 0 aliphatic carbocycles. The molecule has 2 aromatic heterocycles. The van der Waals surface area contributed by atoms with Gasteiger partial charge in [0.15, 0.2) is 0 Å². The number of rotatable bonds is 5. The molecule has 0 aliphatic rings. The quantitative estimate of drug-likeness (QED) is 0.574. The number of aliphatic imine (C=N–C) groups is 2. The molecule has 0 bridgehead atoms. The first kappa shape index (κ1) is 18.6. The summed E-state index contributed by atoms with van der Waals surface area (Å²) >= 11 is 0. The van der Waals surface area contributed by atoms with E-state index in [9.17, 15) is 0 Å². The van der Waals surface area contributed by atoms with Gasteiger partial charge in [-0.1, -0.05) is 12.1 Å². The number of hydrogen-bond donors (Lipinski definition) is 0. The highest BCUT2D eigenvalue weighted by molar-refractivity contribution is 5.82. The van der Waals surface area contributed by atoms with Crippen LogP contribution in [0.5, 0.6) is 0 Å². The highest BCUT2D eigenvalue weighted by Gasteiger charge is 2.13. The Labute approximate surface area is 160 Å². The van der Waals surface area contributed by atoms with Crippen LogP contribution in [-0.4, -0.2) is 22.4 Å². The van der Waals surface area contributed by atoms with Gasteiger partial charge in [-0.2, -0.15) is 0 Å². The van der Waals surface area contributed by atoms with E-state index in [1.165, 1.54) is 0 Å². The number of benzene rings is 1. The van der Waals surface area contributed by atoms with E-state index in [-0.39, 0.29) is 0 Å². The van der Waals surface area contributed by atoms with E-state index in [1.54, 1.807) is 6.20 Å². The summed E-state index contributed by atoms with van der Waals surface area (Å²) in [6, 6.07) is 11.7. The van der Waals surface area contributed by atoms with Crippen LogP contribution >= 0.6 is 0 Å². The summed E-state index contributed by atoms with van der Waals surface area (Å²) < 4.78 is 0. The van der Waals surface area contributed by atoms with E-state index in [1.807, 2.05) is 55.0 Å². The predicted octanol–water partition coefficient (Wildman–Crippen LogP) is 5.41. The second kappa shape index (κ2) is 8.49. The zero-order valence-corrected chi connectivity index (χ0v) is 16.3. The van der Waals surface area contributed by atoms with Crippen LogP contribution in [0.15, 0.2) is 58.8 Å². The maximum Gasteiger partial charge on any atom is 0.0812 e. The maximum atomic E-state index is 4.75. The first-order valence-corrected chi connectivity index (χ1v) is 9.06. The van der Waals surface area contributed by atoms with Crippen molar-refractivity contribution in [2.75, 3.05) is 0 Å². The average molecular weight is 356 g/mol. The van der Waals surface area contributed by atoms with Crippen molar-refractivity contribution in [1.82, 2.24) is 9.97 Å². The molecule has 0 saturated heterocycles. The van der Waals surface area contributed by atoms with Crippen LogP contribution in [0.1, 0.15) is 33.6 Å². The molecule has 1 aromatic carbocycles. The molecule has 0 radical (unpaired) electrons. The average Bonchev–Trinajstić information content (AvgIpc) is 2.70. The van der Waals surface area contributed by atoms with Crippen LogP contribution in [0.2, 0.25) is 0 Å². The Morgan fingerprint density at radius 3 is 1.89 bits per heavy atom. The molecule has 0 aliphatic heterocycles. The highest BCUT2D eigenvalue weighted by atomic mass is 14.8. The molecule has 27 heavy (non-hydrogen) atoms. The lowest BCUT2D eigenvalue weighted by Crippen LogP contribution is -1.95. The third kappa shape index (κ3) is 4.34. The number of aromatic nitrogens is 2. The number of nitrogens with zero attached hydrogens (tertiary/aromatic N) is 4. The Hall–Kier alpha value is -3.14. The van der Waals surface area contributed by atoms with Crippen molar-refractivity contribution in [1.29, 1.82) is 0 Å². The van der Waals surface area contributed by atoms with E-state index in [0.29, 0.717) is 0 Å². The van der Waals surface area contributed by atoms with Crippen molar-refractivity contribution >= 4 is 23.8 Å². The van der Waals surface area contributed by atoms with Gasteiger partial charge in [0.05, 0.1) is 23.3 Å². The van der Waals surface area contributed by atoms with E-state index < -0.39 is 0 Å². The van der Waals surface area contributed by atoms with Crippen LogP contribution in [0, 0.1) is 27.7 Å². The van der Waals surface area contributed by atoms with Crippen LogP contribution in [-0.2, 0) is 6.42 Å². The summed E-state index contributed by atoms with van der Waals surface area (Å²) in [6.45, 7) is 8.42. The normalized spacial score (nSPS) is 11.6. The molecular weight excluding hydrogens is 332 g/mol. The fourth-order valence-electron chi connectivity index (χ4n) is 2.99. The topological polar surface area (TPSA) is 50.5 Å². The molecule has 0 amide bonds. The first-order chi connectivity index (χ1) is 13.1. The van der Waals surface area contributed by atoms with Gasteiger partial charge in [-0.25, -0.2) is 0 Å². The molecule has 0 fully saturated rings. The van der Waals surface area contributed by atoms with Crippen molar-refractivity contribution < 1.29 is 0 Å². The standard InChI is InChI=1S/C23H24N4/c1-16-18(3)23(27-15-21-10-6-8-13-25-21)19(4)17(2)22(16)26-14-11-20-9-5-7-12-24-20/h5-10,12-15H,11H2,1-4H3. The molecule has 0 N–H and O–H groups in total. The molecule has 3 rings (SSSR count). The second-order valence-corrected chi connectivity index (χ2v) is 6.55. The van der Waals surface area contributed by atoms with Crippen LogP contribution < -0.4 is 0 Å². The van der Waals surface area contributed by atoms with Crippen LogP contribution in [0.25, 0.3) is 0 Å². The maximum absolute atomic E-state index is 4.75. The SMILES string of the molecule is Cc1c(C)c(N=Cc2ccccn2)c(C)c(C)c1N=CCc1ccccn1. The fraction of sp³-hybridized carbons (Fsp3) is 0.217. The minimum atomic E-state index is 0.720. The van der Waals surface area contributed by atoms with Crippen molar-refractivity contribution in [3.8, 4) is 0 Å². The summed E-state index contributed by atoms with van der Waals surface area (Å²) in [5.41, 5.74) is 8.50. The van der Waals surface area contributed by atoms with E-state index in [4.69, 9.17) is 9.98 Å². The highest BCUT2D eigenvalue weighted by Crippen LogP contribution is 2.37. The summed E-state index contributed by atoms with van der Waals surface area (Å²) in [6.07, 6.45) is 8.06. The minimum absolute atomic E-state index is 0.720. The lowest BCUT2D eigenvalue weighted by molar-refractivity contribution is 1.15. The molecule has 4 nitrogen and oxygen atoms in total. The van der Waals surface area contributed by atoms with Gasteiger partial charge in [0, 0.05) is 30.7 Å². The van der Waals surface area contributed by atoms with Gasteiger partial charge in [-0.3, -0.25) is 20.0 Å². The molecule has 2 heterocycles. The molecule has 0 saturated carbocycles. The largest absolute Gasteiger partial charge is 0.261 e. The molecule has 0 atom stereocenters. The summed E-state index contributed by atoms with van der Waals surface area (Å²) in [4.78, 5) is 18.1. The summed E-state index contributed by atoms with van der Waals surface area (Å²) in [5.74, 6) is 0. The van der Waals surface area contributed by atoms with Gasteiger partial charge >= 0.3 is 0 Å². The van der Waals surface area contributed by atoms with Gasteiger partial charge < -0.3 is 0 Å². The van der Waals surface area contributed by atoms with Crippen LogP contribution in [0.4, 0.5) is 11.4 Å². The van der Waals surface area contributed by atoms with Gasteiger partial charge in [-0.05, 0) is 74.2 Å². The molecule has 0 spiro atoms. The van der Waals surface area contributed by atoms with Gasteiger partial charge in [0.1, 0.15) is 0 Å². The van der Waals surface area contributed by atoms with E-state index in [2.05, 4.69) is 37.7 Å². The fourth-order valence-corrected chi connectivity index (χ4v) is 2.99. The van der Waals surface area contributed by atoms with Crippen molar-refractivity contribution in [3.05, 3.63) is 82.4 Å². The first-order valence-electron chi connectivity index (χ1n) is 9.06. The smallest absolute Gasteiger partial charge is 0.0812 e. The summed E-state index contributed by atoms with van der Waals surface area (Å²) in [5, 5.41) is 0. The third-order valence-electron chi connectivity index (χ3n) is 4.81. The van der Waals surface area contributed by atoms with Crippen molar-refractivity contribution in [3.63, 3.8) is 0 Å². The molecular formula is C23H24N4.